The minimum atomic E-state index is -0.446. The average molecular weight is 316 g/mol. The minimum absolute atomic E-state index is 0.108. The van der Waals surface area contributed by atoms with Crippen LogP contribution in [0, 0.1) is 28.6 Å². The van der Waals surface area contributed by atoms with E-state index < -0.39 is 5.60 Å². The fraction of sp³-hybridized carbons (Fsp3) is 0.810. The van der Waals surface area contributed by atoms with E-state index in [1.807, 2.05) is 6.08 Å². The van der Waals surface area contributed by atoms with E-state index in [-0.39, 0.29) is 10.8 Å². The second-order valence-corrected chi connectivity index (χ2v) is 9.21. The van der Waals surface area contributed by atoms with Gasteiger partial charge in [-0.05, 0) is 85.2 Å². The standard InChI is InChI=1S/C21H32O2/c1-4-21(23)12-9-18-16-6-5-14-13-15(22)7-10-19(14,2)17(16)8-11-20(18,21)3/h5,13,16-18,22-23H,4,6-12H2,1-3H3/t16-,17+,18+,19+,20+,21+/m1/s1. The zero-order valence-electron chi connectivity index (χ0n) is 14.9. The van der Waals surface area contributed by atoms with Crippen LogP contribution < -0.4 is 0 Å². The topological polar surface area (TPSA) is 40.5 Å². The third-order valence-corrected chi connectivity index (χ3v) is 8.65. The lowest BCUT2D eigenvalue weighted by Crippen LogP contribution is -2.53. The van der Waals surface area contributed by atoms with Crippen molar-refractivity contribution in [1.29, 1.82) is 0 Å². The number of fused-ring (bicyclic) bond motifs is 5. The lowest BCUT2D eigenvalue weighted by molar-refractivity contribution is -0.123. The molecule has 2 nitrogen and oxygen atoms in total. The summed E-state index contributed by atoms with van der Waals surface area (Å²) in [6.07, 6.45) is 13.0. The molecule has 4 aliphatic rings. The van der Waals surface area contributed by atoms with Crippen LogP contribution in [0.4, 0.5) is 0 Å². The summed E-state index contributed by atoms with van der Waals surface area (Å²) >= 11 is 0. The molecule has 0 saturated heterocycles. The van der Waals surface area contributed by atoms with Crippen LogP contribution in [0.1, 0.15) is 72.1 Å². The van der Waals surface area contributed by atoms with Crippen LogP contribution in [0.15, 0.2) is 23.5 Å². The molecule has 0 aromatic rings. The minimum Gasteiger partial charge on any atom is -0.512 e. The molecule has 0 aliphatic heterocycles. The van der Waals surface area contributed by atoms with Crippen molar-refractivity contribution in [2.45, 2.75) is 77.7 Å². The molecule has 0 spiro atoms. The van der Waals surface area contributed by atoms with E-state index in [9.17, 15) is 10.2 Å². The Bertz CT molecular complexity index is 576. The van der Waals surface area contributed by atoms with Gasteiger partial charge in [0, 0.05) is 6.42 Å². The molecule has 6 atom stereocenters. The fourth-order valence-electron chi connectivity index (χ4n) is 7.00. The predicted octanol–water partition coefficient (Wildman–Crippen LogP) is 5.14. The number of hydrogen-bond donors (Lipinski definition) is 2. The van der Waals surface area contributed by atoms with Crippen molar-refractivity contribution >= 4 is 0 Å². The zero-order valence-corrected chi connectivity index (χ0v) is 14.9. The summed E-state index contributed by atoms with van der Waals surface area (Å²) in [4.78, 5) is 0. The quantitative estimate of drug-likeness (QED) is 0.703. The van der Waals surface area contributed by atoms with E-state index in [1.165, 1.54) is 24.8 Å². The van der Waals surface area contributed by atoms with Gasteiger partial charge in [0.25, 0.3) is 0 Å². The summed E-state index contributed by atoms with van der Waals surface area (Å²) in [5, 5.41) is 21.2. The predicted molar refractivity (Wildman–Crippen MR) is 93.0 cm³/mol. The molecule has 0 aromatic heterocycles. The molecular formula is C21H32O2. The highest BCUT2D eigenvalue weighted by Gasteiger charge is 2.62. The maximum atomic E-state index is 11.2. The van der Waals surface area contributed by atoms with Gasteiger partial charge >= 0.3 is 0 Å². The molecule has 0 aromatic carbocycles. The highest BCUT2D eigenvalue weighted by molar-refractivity contribution is 5.35. The first-order valence-electron chi connectivity index (χ1n) is 9.67. The van der Waals surface area contributed by atoms with Gasteiger partial charge in [0.1, 0.15) is 0 Å². The molecule has 23 heavy (non-hydrogen) atoms. The van der Waals surface area contributed by atoms with Gasteiger partial charge in [-0.2, -0.15) is 0 Å². The molecule has 128 valence electrons. The largest absolute Gasteiger partial charge is 0.512 e. The summed E-state index contributed by atoms with van der Waals surface area (Å²) in [6.45, 7) is 6.97. The number of rotatable bonds is 1. The fourth-order valence-corrected chi connectivity index (χ4v) is 7.00. The van der Waals surface area contributed by atoms with Crippen molar-refractivity contribution in [2.75, 3.05) is 0 Å². The van der Waals surface area contributed by atoms with E-state index in [2.05, 4.69) is 26.8 Å². The van der Waals surface area contributed by atoms with Crippen molar-refractivity contribution in [1.82, 2.24) is 0 Å². The van der Waals surface area contributed by atoms with Crippen LogP contribution in [-0.4, -0.2) is 15.8 Å². The summed E-state index contributed by atoms with van der Waals surface area (Å²) in [7, 11) is 0. The number of allylic oxidation sites excluding steroid dienone is 4. The van der Waals surface area contributed by atoms with E-state index in [1.54, 1.807) is 0 Å². The third kappa shape index (κ3) is 1.91. The van der Waals surface area contributed by atoms with Gasteiger partial charge in [-0.1, -0.05) is 26.8 Å². The van der Waals surface area contributed by atoms with Crippen LogP contribution in [-0.2, 0) is 0 Å². The molecule has 2 heteroatoms. The Hall–Kier alpha value is -0.760. The maximum absolute atomic E-state index is 11.2. The van der Waals surface area contributed by atoms with E-state index >= 15 is 0 Å². The Kier molecular flexibility index (Phi) is 3.34. The monoisotopic (exact) mass is 316 g/mol. The molecule has 2 saturated carbocycles. The highest BCUT2D eigenvalue weighted by atomic mass is 16.3. The van der Waals surface area contributed by atoms with Crippen molar-refractivity contribution < 1.29 is 10.2 Å². The van der Waals surface area contributed by atoms with E-state index in [0.29, 0.717) is 11.7 Å². The Labute approximate surface area is 140 Å². The van der Waals surface area contributed by atoms with Gasteiger partial charge in [-0.3, -0.25) is 0 Å². The number of aliphatic hydroxyl groups is 2. The van der Waals surface area contributed by atoms with Gasteiger partial charge < -0.3 is 10.2 Å². The first-order chi connectivity index (χ1) is 10.8. The molecule has 0 amide bonds. The zero-order chi connectivity index (χ0) is 16.5. The third-order valence-electron chi connectivity index (χ3n) is 8.65. The van der Waals surface area contributed by atoms with Crippen molar-refractivity contribution in [3.63, 3.8) is 0 Å². The van der Waals surface area contributed by atoms with Crippen molar-refractivity contribution in [3.05, 3.63) is 23.5 Å². The summed E-state index contributed by atoms with van der Waals surface area (Å²) < 4.78 is 0. The maximum Gasteiger partial charge on any atom is 0.0925 e. The summed E-state index contributed by atoms with van der Waals surface area (Å²) in [5.74, 6) is 2.68. The molecule has 0 unspecified atom stereocenters. The molecule has 0 heterocycles. The Morgan fingerprint density at radius 2 is 1.87 bits per heavy atom. The Morgan fingerprint density at radius 1 is 1.13 bits per heavy atom. The van der Waals surface area contributed by atoms with E-state index in [0.717, 1.165) is 43.9 Å². The van der Waals surface area contributed by atoms with Gasteiger partial charge in [-0.25, -0.2) is 0 Å². The SMILES string of the molecule is CC[C@]1(O)CC[C@H]2[C@@H]3CC=C4C=C(O)CC[C@]4(C)[C@H]3CC[C@@]21C. The second-order valence-electron chi connectivity index (χ2n) is 9.21. The first-order valence-corrected chi connectivity index (χ1v) is 9.67. The highest BCUT2D eigenvalue weighted by Crippen LogP contribution is 2.67. The number of hydrogen-bond acceptors (Lipinski definition) is 2. The second kappa shape index (κ2) is 4.88. The summed E-state index contributed by atoms with van der Waals surface area (Å²) in [6, 6.07) is 0. The first kappa shape index (κ1) is 15.7. The van der Waals surface area contributed by atoms with Gasteiger partial charge in [0.05, 0.1) is 11.4 Å². The van der Waals surface area contributed by atoms with Crippen LogP contribution in [0.3, 0.4) is 0 Å². The van der Waals surface area contributed by atoms with Crippen LogP contribution in [0.25, 0.3) is 0 Å². The lowest BCUT2D eigenvalue weighted by Gasteiger charge is -2.58. The van der Waals surface area contributed by atoms with Gasteiger partial charge in [-0.15, -0.1) is 0 Å². The molecule has 2 fully saturated rings. The number of aliphatic hydroxyl groups excluding tert-OH is 1. The van der Waals surface area contributed by atoms with Gasteiger partial charge in [0.15, 0.2) is 0 Å². The molecule has 0 bridgehead atoms. The molecule has 4 aliphatic carbocycles. The molecule has 2 N–H and O–H groups in total. The van der Waals surface area contributed by atoms with Crippen LogP contribution >= 0.6 is 0 Å². The Balaban J connectivity index is 1.71. The van der Waals surface area contributed by atoms with Crippen molar-refractivity contribution in [2.24, 2.45) is 28.6 Å². The average Bonchev–Trinajstić information content (AvgIpc) is 2.80. The van der Waals surface area contributed by atoms with Gasteiger partial charge in [0.2, 0.25) is 0 Å². The van der Waals surface area contributed by atoms with E-state index in [4.69, 9.17) is 0 Å². The smallest absolute Gasteiger partial charge is 0.0925 e. The van der Waals surface area contributed by atoms with Crippen LogP contribution in [0.5, 0.6) is 0 Å². The van der Waals surface area contributed by atoms with Crippen LogP contribution in [0.2, 0.25) is 0 Å². The Morgan fingerprint density at radius 3 is 2.61 bits per heavy atom. The van der Waals surface area contributed by atoms with Crippen molar-refractivity contribution in [3.8, 4) is 0 Å². The summed E-state index contributed by atoms with van der Waals surface area (Å²) in [5.41, 5.74) is 1.29. The molecule has 0 radical (unpaired) electrons. The molecule has 4 rings (SSSR count). The molecular weight excluding hydrogens is 284 g/mol. The lowest BCUT2D eigenvalue weighted by atomic mass is 9.47. The normalized spacial score (nSPS) is 52.1.